The molecule has 0 spiro atoms. The van der Waals surface area contributed by atoms with Crippen LogP contribution in [-0.2, 0) is 13.0 Å². The Morgan fingerprint density at radius 3 is 2.76 bits per heavy atom. The third-order valence-electron chi connectivity index (χ3n) is 4.28. The molecule has 1 aliphatic rings. The summed E-state index contributed by atoms with van der Waals surface area (Å²) < 4.78 is 1.30. The van der Waals surface area contributed by atoms with E-state index in [2.05, 4.69) is 5.10 Å². The minimum absolute atomic E-state index is 0.213. The molecule has 7 heteroatoms. The van der Waals surface area contributed by atoms with Gasteiger partial charge in [0.05, 0.1) is 0 Å². The summed E-state index contributed by atoms with van der Waals surface area (Å²) in [4.78, 5) is 38.0. The maximum atomic E-state index is 12.9. The number of aromatic nitrogens is 2. The highest BCUT2D eigenvalue weighted by Gasteiger charge is 2.27. The van der Waals surface area contributed by atoms with Crippen LogP contribution in [0.15, 0.2) is 35.1 Å². The first-order chi connectivity index (χ1) is 12.0. The molecule has 1 aromatic heterocycles. The molecule has 0 unspecified atom stereocenters. The highest BCUT2D eigenvalue weighted by atomic mass is 16.2. The normalized spacial score (nSPS) is 13.4. The van der Waals surface area contributed by atoms with Gasteiger partial charge in [-0.15, -0.1) is 0 Å². The van der Waals surface area contributed by atoms with E-state index in [-0.39, 0.29) is 17.2 Å². The molecule has 0 saturated carbocycles. The smallest absolute Gasteiger partial charge is 0.278 e. The number of nitrogens with zero attached hydrogens (tertiary/aromatic N) is 3. The van der Waals surface area contributed by atoms with Crippen molar-refractivity contribution in [2.75, 3.05) is 11.4 Å². The largest absolute Gasteiger partial charge is 0.366 e. The molecule has 0 saturated heterocycles. The van der Waals surface area contributed by atoms with Crippen molar-refractivity contribution in [1.29, 1.82) is 0 Å². The summed E-state index contributed by atoms with van der Waals surface area (Å²) in [6, 6.07) is 8.01. The summed E-state index contributed by atoms with van der Waals surface area (Å²) in [5.41, 5.74) is 7.35. The number of hydrogen-bond donors (Lipinski definition) is 1. The number of primary amides is 1. The summed E-state index contributed by atoms with van der Waals surface area (Å²) in [6.07, 6.45) is 2.18. The number of rotatable bonds is 4. The second kappa shape index (κ2) is 6.88. The van der Waals surface area contributed by atoms with E-state index in [4.69, 9.17) is 5.73 Å². The summed E-state index contributed by atoms with van der Waals surface area (Å²) in [7, 11) is 0. The van der Waals surface area contributed by atoms with Crippen molar-refractivity contribution in [3.05, 3.63) is 57.5 Å². The SMILES string of the molecule is CCCn1nc(C(=O)N2CCCc3c(C(N)=O)cccc32)ccc1=O. The van der Waals surface area contributed by atoms with Crippen molar-refractivity contribution >= 4 is 17.5 Å². The first-order valence-corrected chi connectivity index (χ1v) is 8.34. The molecule has 1 aliphatic heterocycles. The fourth-order valence-corrected chi connectivity index (χ4v) is 3.14. The van der Waals surface area contributed by atoms with E-state index < -0.39 is 5.91 Å². The molecule has 0 aliphatic carbocycles. The molecule has 0 bridgehead atoms. The van der Waals surface area contributed by atoms with Crippen molar-refractivity contribution < 1.29 is 9.59 Å². The molecule has 2 amide bonds. The quantitative estimate of drug-likeness (QED) is 0.908. The Bertz CT molecular complexity index is 888. The highest BCUT2D eigenvalue weighted by Crippen LogP contribution is 2.30. The molecule has 2 aromatic rings. The van der Waals surface area contributed by atoms with Gasteiger partial charge in [-0.1, -0.05) is 13.0 Å². The third kappa shape index (κ3) is 3.17. The second-order valence-corrected chi connectivity index (χ2v) is 6.01. The number of nitrogens with two attached hydrogens (primary N) is 1. The van der Waals surface area contributed by atoms with Crippen LogP contribution in [0.3, 0.4) is 0 Å². The maximum Gasteiger partial charge on any atom is 0.278 e. The van der Waals surface area contributed by atoms with Crippen LogP contribution < -0.4 is 16.2 Å². The Morgan fingerprint density at radius 1 is 1.24 bits per heavy atom. The number of hydrogen-bond acceptors (Lipinski definition) is 4. The average molecular weight is 340 g/mol. The zero-order chi connectivity index (χ0) is 18.0. The van der Waals surface area contributed by atoms with Crippen molar-refractivity contribution in [2.45, 2.75) is 32.7 Å². The van der Waals surface area contributed by atoms with E-state index in [9.17, 15) is 14.4 Å². The van der Waals surface area contributed by atoms with Gasteiger partial charge in [0, 0.05) is 30.4 Å². The van der Waals surface area contributed by atoms with Gasteiger partial charge in [0.15, 0.2) is 0 Å². The Balaban J connectivity index is 2.01. The zero-order valence-electron chi connectivity index (χ0n) is 14.1. The molecule has 0 radical (unpaired) electrons. The van der Waals surface area contributed by atoms with Gasteiger partial charge >= 0.3 is 0 Å². The topological polar surface area (TPSA) is 98.3 Å². The van der Waals surface area contributed by atoms with Crippen LogP contribution in [-0.4, -0.2) is 28.1 Å². The Labute approximate surface area is 145 Å². The molecule has 2 heterocycles. The number of fused-ring (bicyclic) bond motifs is 1. The number of aryl methyl sites for hydroxylation is 1. The third-order valence-corrected chi connectivity index (χ3v) is 4.28. The summed E-state index contributed by atoms with van der Waals surface area (Å²) in [5, 5.41) is 4.19. The van der Waals surface area contributed by atoms with Crippen molar-refractivity contribution in [1.82, 2.24) is 9.78 Å². The minimum Gasteiger partial charge on any atom is -0.366 e. The van der Waals surface area contributed by atoms with Gasteiger partial charge < -0.3 is 10.6 Å². The Morgan fingerprint density at radius 2 is 2.04 bits per heavy atom. The highest BCUT2D eigenvalue weighted by molar-refractivity contribution is 6.06. The Kier molecular flexibility index (Phi) is 4.65. The molecule has 0 atom stereocenters. The van der Waals surface area contributed by atoms with Crippen molar-refractivity contribution in [2.24, 2.45) is 5.73 Å². The van der Waals surface area contributed by atoms with E-state index in [1.54, 1.807) is 23.1 Å². The van der Waals surface area contributed by atoms with Gasteiger partial charge in [-0.2, -0.15) is 5.10 Å². The standard InChI is InChI=1S/C18H20N4O3/c1-2-10-22-16(23)9-8-14(20-22)18(25)21-11-4-6-12-13(17(19)24)5-3-7-15(12)21/h3,5,7-9H,2,4,6,10-11H2,1H3,(H2,19,24). The second-order valence-electron chi connectivity index (χ2n) is 6.01. The van der Waals surface area contributed by atoms with Gasteiger partial charge in [-0.25, -0.2) is 4.68 Å². The molecule has 25 heavy (non-hydrogen) atoms. The van der Waals surface area contributed by atoms with Gasteiger partial charge in [0.25, 0.3) is 11.5 Å². The maximum absolute atomic E-state index is 12.9. The van der Waals surface area contributed by atoms with Crippen LogP contribution in [0.2, 0.25) is 0 Å². The van der Waals surface area contributed by atoms with E-state index in [0.29, 0.717) is 30.8 Å². The molecular formula is C18H20N4O3. The Hall–Kier alpha value is -2.96. The van der Waals surface area contributed by atoms with E-state index in [0.717, 1.165) is 18.4 Å². The van der Waals surface area contributed by atoms with Crippen LogP contribution in [0, 0.1) is 0 Å². The lowest BCUT2D eigenvalue weighted by molar-refractivity contribution is 0.0971. The average Bonchev–Trinajstić information content (AvgIpc) is 2.62. The predicted octanol–water partition coefficient (Wildman–Crippen LogP) is 1.35. The molecule has 130 valence electrons. The molecule has 0 fully saturated rings. The fraction of sp³-hybridized carbons (Fsp3) is 0.333. The van der Waals surface area contributed by atoms with E-state index in [1.807, 2.05) is 6.92 Å². The van der Waals surface area contributed by atoms with Gasteiger partial charge in [0.1, 0.15) is 5.69 Å². The van der Waals surface area contributed by atoms with E-state index in [1.165, 1.54) is 16.8 Å². The molecular weight excluding hydrogens is 320 g/mol. The number of anilines is 1. The summed E-state index contributed by atoms with van der Waals surface area (Å²) >= 11 is 0. The van der Waals surface area contributed by atoms with Crippen molar-refractivity contribution in [3.63, 3.8) is 0 Å². The van der Waals surface area contributed by atoms with Crippen LogP contribution in [0.5, 0.6) is 0 Å². The van der Waals surface area contributed by atoms with Crippen molar-refractivity contribution in [3.8, 4) is 0 Å². The van der Waals surface area contributed by atoms with Crippen LogP contribution in [0.4, 0.5) is 5.69 Å². The van der Waals surface area contributed by atoms with Gasteiger partial charge in [-0.05, 0) is 43.0 Å². The fourth-order valence-electron chi connectivity index (χ4n) is 3.14. The summed E-state index contributed by atoms with van der Waals surface area (Å²) in [5.74, 6) is -0.784. The zero-order valence-corrected chi connectivity index (χ0v) is 14.1. The number of benzene rings is 1. The molecule has 3 rings (SSSR count). The minimum atomic E-state index is -0.499. The lowest BCUT2D eigenvalue weighted by Gasteiger charge is -2.30. The van der Waals surface area contributed by atoms with Crippen LogP contribution >= 0.6 is 0 Å². The molecule has 1 aromatic carbocycles. The van der Waals surface area contributed by atoms with Crippen LogP contribution in [0.1, 0.15) is 46.2 Å². The van der Waals surface area contributed by atoms with E-state index >= 15 is 0 Å². The lowest BCUT2D eigenvalue weighted by atomic mass is 9.95. The lowest BCUT2D eigenvalue weighted by Crippen LogP contribution is -2.38. The molecule has 2 N–H and O–H groups in total. The van der Waals surface area contributed by atoms with Gasteiger partial charge in [0.2, 0.25) is 5.91 Å². The summed E-state index contributed by atoms with van der Waals surface area (Å²) in [6.45, 7) is 2.93. The molecule has 7 nitrogen and oxygen atoms in total. The number of carbonyl (C=O) groups is 2. The first-order valence-electron chi connectivity index (χ1n) is 8.34. The first kappa shape index (κ1) is 16.9. The number of carbonyl (C=O) groups excluding carboxylic acids is 2. The predicted molar refractivity (Wildman–Crippen MR) is 93.7 cm³/mol. The number of amides is 2. The van der Waals surface area contributed by atoms with Crippen LogP contribution in [0.25, 0.3) is 0 Å². The monoisotopic (exact) mass is 340 g/mol. The van der Waals surface area contributed by atoms with Gasteiger partial charge in [-0.3, -0.25) is 14.4 Å².